The van der Waals surface area contributed by atoms with Crippen LogP contribution < -0.4 is 5.32 Å². The van der Waals surface area contributed by atoms with Gasteiger partial charge in [-0.1, -0.05) is 12.1 Å². The van der Waals surface area contributed by atoms with E-state index in [0.29, 0.717) is 18.5 Å². The van der Waals surface area contributed by atoms with Crippen LogP contribution in [0.15, 0.2) is 24.3 Å². The van der Waals surface area contributed by atoms with E-state index in [4.69, 9.17) is 11.7 Å². The molecule has 0 amide bonds. The van der Waals surface area contributed by atoms with Crippen molar-refractivity contribution in [2.45, 2.75) is 6.42 Å². The van der Waals surface area contributed by atoms with Crippen LogP contribution in [0.3, 0.4) is 0 Å². The third kappa shape index (κ3) is 2.54. The van der Waals surface area contributed by atoms with Crippen molar-refractivity contribution in [3.05, 3.63) is 29.8 Å². The highest BCUT2D eigenvalue weighted by atomic mass is 14.9. The second kappa shape index (κ2) is 4.85. The van der Waals surface area contributed by atoms with Crippen LogP contribution in [0, 0.1) is 23.7 Å². The maximum absolute atomic E-state index is 8.74. The lowest BCUT2D eigenvalue weighted by Gasteiger charge is -2.04. The fraction of sp³-hybridized carbons (Fsp3) is 0.182. The molecule has 1 aromatic rings. The van der Waals surface area contributed by atoms with Gasteiger partial charge in [-0.15, -0.1) is 12.3 Å². The number of hydrogen-bond acceptors (Lipinski definition) is 2. The first kappa shape index (κ1) is 9.16. The second-order valence-electron chi connectivity index (χ2n) is 2.54. The number of nitrogens with one attached hydrogen (secondary N) is 1. The molecule has 2 heteroatoms. The fourth-order valence-electron chi connectivity index (χ4n) is 1.00. The second-order valence-corrected chi connectivity index (χ2v) is 2.54. The molecule has 0 aliphatic rings. The number of para-hydroxylation sites is 1. The molecule has 0 radical (unpaired) electrons. The van der Waals surface area contributed by atoms with E-state index in [1.165, 1.54) is 0 Å². The van der Waals surface area contributed by atoms with E-state index in [1.807, 2.05) is 18.2 Å². The molecule has 0 aliphatic carbocycles. The average Bonchev–Trinajstić information content (AvgIpc) is 2.19. The van der Waals surface area contributed by atoms with E-state index in [1.54, 1.807) is 6.07 Å². The first-order chi connectivity index (χ1) is 6.38. The zero-order valence-corrected chi connectivity index (χ0v) is 7.25. The van der Waals surface area contributed by atoms with Gasteiger partial charge in [0.25, 0.3) is 0 Å². The highest BCUT2D eigenvalue weighted by Gasteiger charge is 1.97. The van der Waals surface area contributed by atoms with E-state index < -0.39 is 0 Å². The molecule has 0 aliphatic heterocycles. The highest BCUT2D eigenvalue weighted by molar-refractivity contribution is 5.57. The summed E-state index contributed by atoms with van der Waals surface area (Å²) in [5.74, 6) is 2.53. The Balaban J connectivity index is 2.67. The Bertz CT molecular complexity index is 355. The summed E-state index contributed by atoms with van der Waals surface area (Å²) in [7, 11) is 0. The van der Waals surface area contributed by atoms with Crippen LogP contribution in [0.4, 0.5) is 5.69 Å². The molecule has 2 nitrogen and oxygen atoms in total. The number of hydrogen-bond donors (Lipinski definition) is 1. The maximum Gasteiger partial charge on any atom is 0.101 e. The first-order valence-corrected chi connectivity index (χ1v) is 4.05. The normalized spacial score (nSPS) is 8.46. The number of nitrogens with zero attached hydrogens (tertiary/aromatic N) is 1. The van der Waals surface area contributed by atoms with E-state index in [9.17, 15) is 0 Å². The summed E-state index contributed by atoms with van der Waals surface area (Å²) in [6, 6.07) is 9.48. The van der Waals surface area contributed by atoms with Gasteiger partial charge in [0, 0.05) is 13.0 Å². The average molecular weight is 170 g/mol. The standard InChI is InChI=1S/C11H10N2/c1-2-3-8-13-11-7-5-4-6-10(11)9-12/h1,4-7,13H,3,8H2. The van der Waals surface area contributed by atoms with E-state index >= 15 is 0 Å². The molecule has 0 heterocycles. The Morgan fingerprint density at radius 3 is 2.85 bits per heavy atom. The van der Waals surface area contributed by atoms with E-state index in [-0.39, 0.29) is 0 Å². The summed E-state index contributed by atoms with van der Waals surface area (Å²) in [6.07, 6.45) is 5.77. The molecule has 0 fully saturated rings. The van der Waals surface area contributed by atoms with Crippen molar-refractivity contribution in [3.8, 4) is 18.4 Å². The van der Waals surface area contributed by atoms with Crippen LogP contribution in [0.5, 0.6) is 0 Å². The molecule has 1 N–H and O–H groups in total. The quantitative estimate of drug-likeness (QED) is 0.556. The summed E-state index contributed by atoms with van der Waals surface area (Å²) >= 11 is 0. The van der Waals surface area contributed by atoms with Gasteiger partial charge in [0.05, 0.1) is 11.3 Å². The van der Waals surface area contributed by atoms with Crippen molar-refractivity contribution in [2.75, 3.05) is 11.9 Å². The molecule has 1 rings (SSSR count). The van der Waals surface area contributed by atoms with Crippen LogP contribution >= 0.6 is 0 Å². The lowest BCUT2D eigenvalue weighted by atomic mass is 10.2. The van der Waals surface area contributed by atoms with Crippen LogP contribution in [-0.4, -0.2) is 6.54 Å². The Labute approximate surface area is 78.2 Å². The Morgan fingerprint density at radius 2 is 2.15 bits per heavy atom. The number of benzene rings is 1. The first-order valence-electron chi connectivity index (χ1n) is 4.05. The number of nitriles is 1. The van der Waals surface area contributed by atoms with Crippen molar-refractivity contribution in [1.29, 1.82) is 5.26 Å². The summed E-state index contributed by atoms with van der Waals surface area (Å²) in [5.41, 5.74) is 1.50. The summed E-state index contributed by atoms with van der Waals surface area (Å²) < 4.78 is 0. The fourth-order valence-corrected chi connectivity index (χ4v) is 1.00. The molecule has 0 spiro atoms. The summed E-state index contributed by atoms with van der Waals surface area (Å²) in [6.45, 7) is 0.704. The predicted molar refractivity (Wildman–Crippen MR) is 53.1 cm³/mol. The minimum Gasteiger partial charge on any atom is -0.383 e. The molecule has 0 saturated heterocycles. The van der Waals surface area contributed by atoms with Gasteiger partial charge in [-0.05, 0) is 12.1 Å². The lowest BCUT2D eigenvalue weighted by molar-refractivity contribution is 1.10. The molecule has 1 aromatic carbocycles. The van der Waals surface area contributed by atoms with Crippen LogP contribution in [0.25, 0.3) is 0 Å². The van der Waals surface area contributed by atoms with Gasteiger partial charge < -0.3 is 5.32 Å². The largest absolute Gasteiger partial charge is 0.383 e. The SMILES string of the molecule is C#CCCNc1ccccc1C#N. The smallest absolute Gasteiger partial charge is 0.101 e. The van der Waals surface area contributed by atoms with Crippen molar-refractivity contribution in [1.82, 2.24) is 0 Å². The zero-order valence-electron chi connectivity index (χ0n) is 7.25. The molecular weight excluding hydrogens is 160 g/mol. The van der Waals surface area contributed by atoms with Crippen LogP contribution in [-0.2, 0) is 0 Å². The Hall–Kier alpha value is -1.93. The minimum atomic E-state index is 0.652. The van der Waals surface area contributed by atoms with Gasteiger partial charge in [-0.25, -0.2) is 0 Å². The lowest BCUT2D eigenvalue weighted by Crippen LogP contribution is -2.01. The Morgan fingerprint density at radius 1 is 1.38 bits per heavy atom. The van der Waals surface area contributed by atoms with Gasteiger partial charge in [0.1, 0.15) is 6.07 Å². The monoisotopic (exact) mass is 170 g/mol. The highest BCUT2D eigenvalue weighted by Crippen LogP contribution is 2.12. The third-order valence-corrected chi connectivity index (χ3v) is 1.63. The summed E-state index contributed by atoms with van der Waals surface area (Å²) in [5, 5.41) is 11.8. The number of terminal acetylenes is 1. The van der Waals surface area contributed by atoms with Gasteiger partial charge in [0.2, 0.25) is 0 Å². The van der Waals surface area contributed by atoms with Gasteiger partial charge in [0.15, 0.2) is 0 Å². The van der Waals surface area contributed by atoms with Gasteiger partial charge >= 0.3 is 0 Å². The zero-order chi connectivity index (χ0) is 9.52. The minimum absolute atomic E-state index is 0.652. The number of anilines is 1. The Kier molecular flexibility index (Phi) is 3.42. The predicted octanol–water partition coefficient (Wildman–Crippen LogP) is 1.99. The van der Waals surface area contributed by atoms with Crippen molar-refractivity contribution in [3.63, 3.8) is 0 Å². The maximum atomic E-state index is 8.74. The van der Waals surface area contributed by atoms with Crippen LogP contribution in [0.1, 0.15) is 12.0 Å². The van der Waals surface area contributed by atoms with E-state index in [0.717, 1.165) is 5.69 Å². The molecular formula is C11H10N2. The molecule has 0 aromatic heterocycles. The van der Waals surface area contributed by atoms with Crippen LogP contribution in [0.2, 0.25) is 0 Å². The van der Waals surface area contributed by atoms with Gasteiger partial charge in [-0.2, -0.15) is 5.26 Å². The molecule has 0 atom stereocenters. The summed E-state index contributed by atoms with van der Waals surface area (Å²) in [4.78, 5) is 0. The molecule has 0 saturated carbocycles. The van der Waals surface area contributed by atoms with Crippen molar-refractivity contribution in [2.24, 2.45) is 0 Å². The molecule has 64 valence electrons. The van der Waals surface area contributed by atoms with Crippen molar-refractivity contribution >= 4 is 5.69 Å². The molecule has 0 bridgehead atoms. The third-order valence-electron chi connectivity index (χ3n) is 1.63. The van der Waals surface area contributed by atoms with Gasteiger partial charge in [-0.3, -0.25) is 0 Å². The topological polar surface area (TPSA) is 35.8 Å². The van der Waals surface area contributed by atoms with Crippen molar-refractivity contribution < 1.29 is 0 Å². The molecule has 0 unspecified atom stereocenters. The number of rotatable bonds is 3. The van der Waals surface area contributed by atoms with E-state index in [2.05, 4.69) is 17.3 Å². The molecule has 13 heavy (non-hydrogen) atoms.